The highest BCUT2D eigenvalue weighted by molar-refractivity contribution is 5.23. The van der Waals surface area contributed by atoms with Crippen LogP contribution in [-0.2, 0) is 0 Å². The lowest BCUT2D eigenvalue weighted by molar-refractivity contribution is 0.0902. The van der Waals surface area contributed by atoms with Gasteiger partial charge in [0.05, 0.1) is 12.6 Å². The van der Waals surface area contributed by atoms with E-state index in [0.29, 0.717) is 18.2 Å². The number of nitrogens with zero attached hydrogens (tertiary/aromatic N) is 1. The smallest absolute Gasteiger partial charge is 0.128 e. The van der Waals surface area contributed by atoms with Gasteiger partial charge < -0.3 is 10.8 Å². The van der Waals surface area contributed by atoms with Crippen molar-refractivity contribution in [1.82, 2.24) is 4.90 Å². The van der Waals surface area contributed by atoms with Crippen LogP contribution in [0.5, 0.6) is 0 Å². The molecular formula is C16H25FN2O. The van der Waals surface area contributed by atoms with E-state index in [0.717, 1.165) is 12.8 Å². The van der Waals surface area contributed by atoms with E-state index in [1.54, 1.807) is 6.07 Å². The predicted molar refractivity (Wildman–Crippen MR) is 78.8 cm³/mol. The maximum absolute atomic E-state index is 14.1. The molecule has 1 aromatic rings. The zero-order valence-electron chi connectivity index (χ0n) is 12.1. The Balaban J connectivity index is 2.31. The summed E-state index contributed by atoms with van der Waals surface area (Å²) in [5.41, 5.74) is 6.79. The molecule has 1 aliphatic carbocycles. The highest BCUT2D eigenvalue weighted by Gasteiger charge is 2.32. The number of halogens is 1. The highest BCUT2D eigenvalue weighted by atomic mass is 19.1. The van der Waals surface area contributed by atoms with Gasteiger partial charge in [-0.2, -0.15) is 0 Å². The summed E-state index contributed by atoms with van der Waals surface area (Å²) in [6.07, 6.45) is 4.63. The number of rotatable bonds is 6. The Morgan fingerprint density at radius 3 is 2.55 bits per heavy atom. The van der Waals surface area contributed by atoms with Crippen LogP contribution in [0.4, 0.5) is 4.39 Å². The highest BCUT2D eigenvalue weighted by Crippen LogP contribution is 2.33. The van der Waals surface area contributed by atoms with E-state index in [1.807, 2.05) is 19.1 Å². The van der Waals surface area contributed by atoms with Crippen molar-refractivity contribution in [2.24, 2.45) is 5.73 Å². The average molecular weight is 280 g/mol. The fourth-order valence-corrected chi connectivity index (χ4v) is 3.38. The number of hydrogen-bond acceptors (Lipinski definition) is 3. The Kier molecular flexibility index (Phi) is 5.52. The van der Waals surface area contributed by atoms with Gasteiger partial charge in [-0.05, 0) is 25.8 Å². The predicted octanol–water partition coefficient (Wildman–Crippen LogP) is 2.45. The van der Waals surface area contributed by atoms with Gasteiger partial charge >= 0.3 is 0 Å². The van der Waals surface area contributed by atoms with Gasteiger partial charge in [0, 0.05) is 24.2 Å². The van der Waals surface area contributed by atoms with Crippen molar-refractivity contribution >= 4 is 0 Å². The topological polar surface area (TPSA) is 49.5 Å². The molecule has 0 spiro atoms. The van der Waals surface area contributed by atoms with Gasteiger partial charge in [-0.1, -0.05) is 31.0 Å². The molecule has 20 heavy (non-hydrogen) atoms. The maximum Gasteiger partial charge on any atom is 0.128 e. The van der Waals surface area contributed by atoms with Crippen LogP contribution in [0.2, 0.25) is 0 Å². The Hall–Kier alpha value is -0.970. The first kappa shape index (κ1) is 15.4. The van der Waals surface area contributed by atoms with Crippen molar-refractivity contribution in [1.29, 1.82) is 0 Å². The molecule has 4 heteroatoms. The monoisotopic (exact) mass is 280 g/mol. The van der Waals surface area contributed by atoms with Crippen LogP contribution in [0.3, 0.4) is 0 Å². The number of nitrogens with two attached hydrogens (primary N) is 1. The first-order chi connectivity index (χ1) is 9.65. The lowest BCUT2D eigenvalue weighted by Crippen LogP contribution is -2.46. The van der Waals surface area contributed by atoms with E-state index in [1.165, 1.54) is 18.9 Å². The molecule has 0 heterocycles. The van der Waals surface area contributed by atoms with Gasteiger partial charge in [0.15, 0.2) is 0 Å². The Morgan fingerprint density at radius 1 is 1.35 bits per heavy atom. The van der Waals surface area contributed by atoms with Gasteiger partial charge in [-0.15, -0.1) is 0 Å². The van der Waals surface area contributed by atoms with Gasteiger partial charge in [0.1, 0.15) is 5.82 Å². The second kappa shape index (κ2) is 7.16. The van der Waals surface area contributed by atoms with Gasteiger partial charge in [-0.25, -0.2) is 4.39 Å². The third-order valence-corrected chi connectivity index (χ3v) is 4.23. The molecule has 2 unspecified atom stereocenters. The van der Waals surface area contributed by atoms with Crippen molar-refractivity contribution in [2.75, 3.05) is 13.2 Å². The molecule has 112 valence electrons. The molecule has 1 fully saturated rings. The summed E-state index contributed by atoms with van der Waals surface area (Å²) in [6.45, 7) is 2.54. The second-order valence-electron chi connectivity index (χ2n) is 5.73. The minimum absolute atomic E-state index is 0.0776. The van der Waals surface area contributed by atoms with E-state index in [2.05, 4.69) is 4.90 Å². The van der Waals surface area contributed by atoms with E-state index in [9.17, 15) is 9.50 Å². The number of aliphatic hydroxyl groups excluding tert-OH is 1. The third-order valence-electron chi connectivity index (χ3n) is 4.23. The molecule has 0 saturated heterocycles. The van der Waals surface area contributed by atoms with Crippen molar-refractivity contribution in [3.8, 4) is 0 Å². The van der Waals surface area contributed by atoms with Crippen LogP contribution >= 0.6 is 0 Å². The SMILES string of the molecule is CC(N)C(c1ccccc1F)N(CCO)C1CCCC1. The van der Waals surface area contributed by atoms with Crippen molar-refractivity contribution in [2.45, 2.75) is 50.7 Å². The molecule has 2 atom stereocenters. The van der Waals surface area contributed by atoms with E-state index < -0.39 is 0 Å². The molecule has 3 N–H and O–H groups in total. The third kappa shape index (κ3) is 3.37. The minimum atomic E-state index is -0.212. The van der Waals surface area contributed by atoms with Crippen molar-refractivity contribution in [3.63, 3.8) is 0 Å². The van der Waals surface area contributed by atoms with Crippen molar-refractivity contribution in [3.05, 3.63) is 35.6 Å². The largest absolute Gasteiger partial charge is 0.395 e. The molecule has 0 bridgehead atoms. The lowest BCUT2D eigenvalue weighted by atomic mass is 9.96. The molecule has 0 aromatic heterocycles. The van der Waals surface area contributed by atoms with Crippen LogP contribution in [0.15, 0.2) is 24.3 Å². The second-order valence-corrected chi connectivity index (χ2v) is 5.73. The zero-order chi connectivity index (χ0) is 14.5. The van der Waals surface area contributed by atoms with E-state index >= 15 is 0 Å². The zero-order valence-corrected chi connectivity index (χ0v) is 12.1. The molecule has 0 aliphatic heterocycles. The van der Waals surface area contributed by atoms with Crippen LogP contribution in [0.25, 0.3) is 0 Å². The molecule has 1 aromatic carbocycles. The minimum Gasteiger partial charge on any atom is -0.395 e. The summed E-state index contributed by atoms with van der Waals surface area (Å²) in [7, 11) is 0. The first-order valence-electron chi connectivity index (χ1n) is 7.51. The Labute approximate surface area is 120 Å². The Bertz CT molecular complexity index is 419. The van der Waals surface area contributed by atoms with Gasteiger partial charge in [0.25, 0.3) is 0 Å². The van der Waals surface area contributed by atoms with Gasteiger partial charge in [-0.3, -0.25) is 4.90 Å². The number of benzene rings is 1. The number of hydrogen-bond donors (Lipinski definition) is 2. The van der Waals surface area contributed by atoms with E-state index in [4.69, 9.17) is 5.73 Å². The summed E-state index contributed by atoms with van der Waals surface area (Å²) in [5, 5.41) is 9.37. The quantitative estimate of drug-likeness (QED) is 0.841. The van der Waals surface area contributed by atoms with Gasteiger partial charge in [0.2, 0.25) is 0 Å². The number of aliphatic hydroxyl groups is 1. The molecule has 0 amide bonds. The summed E-state index contributed by atoms with van der Waals surface area (Å²) in [5.74, 6) is -0.212. The molecule has 2 rings (SSSR count). The average Bonchev–Trinajstić information content (AvgIpc) is 2.93. The van der Waals surface area contributed by atoms with E-state index in [-0.39, 0.29) is 24.5 Å². The van der Waals surface area contributed by atoms with Crippen LogP contribution < -0.4 is 5.73 Å². The standard InChI is InChI=1S/C16H25FN2O/c1-12(18)16(14-8-4-5-9-15(14)17)19(10-11-20)13-6-2-3-7-13/h4-5,8-9,12-13,16,20H,2-3,6-7,10-11,18H2,1H3. The van der Waals surface area contributed by atoms with Crippen molar-refractivity contribution < 1.29 is 9.50 Å². The summed E-state index contributed by atoms with van der Waals surface area (Å²) in [4.78, 5) is 2.20. The molecule has 1 saturated carbocycles. The van der Waals surface area contributed by atoms with Crippen LogP contribution in [0, 0.1) is 5.82 Å². The van der Waals surface area contributed by atoms with Crippen LogP contribution in [-0.4, -0.2) is 35.2 Å². The normalized spacial score (nSPS) is 19.4. The summed E-state index contributed by atoms with van der Waals surface area (Å²) in [6, 6.07) is 6.88. The summed E-state index contributed by atoms with van der Waals surface area (Å²) < 4.78 is 14.1. The molecule has 1 aliphatic rings. The first-order valence-corrected chi connectivity index (χ1v) is 7.51. The Morgan fingerprint density at radius 2 is 2.00 bits per heavy atom. The van der Waals surface area contributed by atoms with Crippen LogP contribution in [0.1, 0.15) is 44.2 Å². The maximum atomic E-state index is 14.1. The summed E-state index contributed by atoms with van der Waals surface area (Å²) >= 11 is 0. The molecular weight excluding hydrogens is 255 g/mol. The molecule has 3 nitrogen and oxygen atoms in total. The molecule has 0 radical (unpaired) electrons. The fraction of sp³-hybridized carbons (Fsp3) is 0.625. The fourth-order valence-electron chi connectivity index (χ4n) is 3.38. The lowest BCUT2D eigenvalue weighted by Gasteiger charge is -2.38.